The Balaban J connectivity index is 2.11. The second-order valence-electron chi connectivity index (χ2n) is 6.96. The molecule has 0 amide bonds. The van der Waals surface area contributed by atoms with E-state index in [9.17, 15) is 0 Å². The minimum atomic E-state index is -1.17. The number of fused-ring (bicyclic) bond motifs is 4. The lowest BCUT2D eigenvalue weighted by atomic mass is 10.1. The molecule has 0 radical (unpaired) electrons. The molecule has 3 aromatic rings. The van der Waals surface area contributed by atoms with Crippen molar-refractivity contribution in [3.63, 3.8) is 0 Å². The van der Waals surface area contributed by atoms with Crippen LogP contribution < -0.4 is 9.75 Å². The van der Waals surface area contributed by atoms with Crippen LogP contribution in [0.4, 0.5) is 0 Å². The Hall–Kier alpha value is -1.19. The van der Waals surface area contributed by atoms with Gasteiger partial charge in [-0.2, -0.15) is 0 Å². The normalized spacial score (nSPS) is 16.8. The van der Waals surface area contributed by atoms with Gasteiger partial charge in [0.15, 0.2) is 11.9 Å². The summed E-state index contributed by atoms with van der Waals surface area (Å²) in [6, 6.07) is 8.77. The number of thiophene rings is 1. The molecule has 0 aliphatic carbocycles. The summed E-state index contributed by atoms with van der Waals surface area (Å²) in [6.45, 7) is 7.31. The van der Waals surface area contributed by atoms with Gasteiger partial charge in [-0.3, -0.25) is 0 Å². The number of hydrogen-bond acceptors (Lipinski definition) is 1. The lowest BCUT2D eigenvalue weighted by Crippen LogP contribution is -2.37. The highest BCUT2D eigenvalue weighted by Gasteiger charge is 2.32. The summed E-state index contributed by atoms with van der Waals surface area (Å²) in [6.07, 6.45) is 4.62. The summed E-state index contributed by atoms with van der Waals surface area (Å²) in [5.41, 5.74) is 3.10. The molecule has 1 aromatic carbocycles. The molecule has 21 heavy (non-hydrogen) atoms. The molecule has 0 fully saturated rings. The molecule has 3 heteroatoms. The van der Waals surface area contributed by atoms with Gasteiger partial charge in [0.25, 0.3) is 0 Å². The van der Waals surface area contributed by atoms with Crippen LogP contribution in [0.1, 0.15) is 18.2 Å². The number of rotatable bonds is 1. The van der Waals surface area contributed by atoms with Crippen molar-refractivity contribution >= 4 is 44.8 Å². The van der Waals surface area contributed by atoms with Crippen LogP contribution in [0.5, 0.6) is 0 Å². The zero-order valence-corrected chi connectivity index (χ0v) is 15.1. The standard InChI is InChI=1S/C18H22NSSi/c1-5-15-18-13(6-8-19(15)2)14-11-17-12(10-16(14)20-18)7-9-21(17,3)4/h6,8,10-11H,5,7,9H2,1-4H3/q+1. The number of pyridine rings is 1. The predicted molar refractivity (Wildman–Crippen MR) is 95.5 cm³/mol. The molecule has 0 saturated heterocycles. The zero-order valence-electron chi connectivity index (χ0n) is 13.3. The molecule has 0 N–H and O–H groups in total. The largest absolute Gasteiger partial charge is 0.204 e. The van der Waals surface area contributed by atoms with Crippen molar-refractivity contribution in [2.45, 2.75) is 38.9 Å². The first-order valence-corrected chi connectivity index (χ1v) is 11.9. The van der Waals surface area contributed by atoms with Crippen molar-refractivity contribution in [2.75, 3.05) is 0 Å². The fourth-order valence-corrected chi connectivity index (χ4v) is 8.01. The predicted octanol–water partition coefficient (Wildman–Crippen LogP) is 3.91. The summed E-state index contributed by atoms with van der Waals surface area (Å²) >= 11 is 1.99. The van der Waals surface area contributed by atoms with Crippen LogP contribution in [-0.2, 0) is 19.9 Å². The molecule has 1 nitrogen and oxygen atoms in total. The average Bonchev–Trinajstić information content (AvgIpc) is 2.95. The summed E-state index contributed by atoms with van der Waals surface area (Å²) in [4.78, 5) is 0. The molecule has 0 saturated carbocycles. The molecule has 1 aliphatic rings. The first-order chi connectivity index (χ1) is 10.0. The van der Waals surface area contributed by atoms with Crippen molar-refractivity contribution < 1.29 is 4.57 Å². The second kappa shape index (κ2) is 4.40. The summed E-state index contributed by atoms with van der Waals surface area (Å²) < 4.78 is 5.25. The maximum atomic E-state index is 2.54. The third-order valence-corrected chi connectivity index (χ3v) is 9.83. The third-order valence-electron chi connectivity index (χ3n) is 5.19. The van der Waals surface area contributed by atoms with E-state index in [4.69, 9.17) is 0 Å². The Kier molecular flexibility index (Phi) is 2.82. The van der Waals surface area contributed by atoms with E-state index in [0.717, 1.165) is 6.42 Å². The lowest BCUT2D eigenvalue weighted by molar-refractivity contribution is -0.677. The summed E-state index contributed by atoms with van der Waals surface area (Å²) in [5.74, 6) is 0. The Bertz CT molecular complexity index is 876. The van der Waals surface area contributed by atoms with Gasteiger partial charge in [-0.05, 0) is 24.1 Å². The highest BCUT2D eigenvalue weighted by atomic mass is 32.1. The van der Waals surface area contributed by atoms with Crippen molar-refractivity contribution in [1.29, 1.82) is 0 Å². The van der Waals surface area contributed by atoms with Crippen LogP contribution in [0.2, 0.25) is 19.1 Å². The molecular weight excluding hydrogens is 290 g/mol. The van der Waals surface area contributed by atoms with Crippen LogP contribution in [-0.4, -0.2) is 8.07 Å². The third kappa shape index (κ3) is 1.83. The van der Waals surface area contributed by atoms with Gasteiger partial charge in [-0.15, -0.1) is 11.3 Å². The summed E-state index contributed by atoms with van der Waals surface area (Å²) in [7, 11) is 0.993. The lowest BCUT2D eigenvalue weighted by Gasteiger charge is -2.16. The zero-order chi connectivity index (χ0) is 14.8. The Labute approximate surface area is 131 Å². The SMILES string of the molecule is CCc1c2sc3cc4c(cc3c2cc[n+]1C)[Si](C)(C)CC4. The molecule has 2 aromatic heterocycles. The van der Waals surface area contributed by atoms with Crippen LogP contribution in [0, 0.1) is 0 Å². The number of hydrogen-bond donors (Lipinski definition) is 0. The molecule has 0 atom stereocenters. The van der Waals surface area contributed by atoms with E-state index in [1.165, 1.54) is 38.3 Å². The first-order valence-electron chi connectivity index (χ1n) is 7.88. The number of aryl methyl sites for hydroxylation is 3. The Morgan fingerprint density at radius 1 is 1.24 bits per heavy atom. The van der Waals surface area contributed by atoms with Gasteiger partial charge in [-0.25, -0.2) is 4.57 Å². The van der Waals surface area contributed by atoms with E-state index in [2.05, 4.69) is 56.0 Å². The molecule has 108 valence electrons. The van der Waals surface area contributed by atoms with E-state index >= 15 is 0 Å². The van der Waals surface area contributed by atoms with Crippen LogP contribution in [0.15, 0.2) is 24.4 Å². The number of benzene rings is 1. The molecule has 0 bridgehead atoms. The Morgan fingerprint density at radius 2 is 2.05 bits per heavy atom. The van der Waals surface area contributed by atoms with Gasteiger partial charge in [0.2, 0.25) is 0 Å². The fraction of sp³-hybridized carbons (Fsp3) is 0.389. The Morgan fingerprint density at radius 3 is 2.81 bits per heavy atom. The smallest absolute Gasteiger partial charge is 0.198 e. The highest BCUT2D eigenvalue weighted by molar-refractivity contribution is 7.26. The van der Waals surface area contributed by atoms with Crippen molar-refractivity contribution in [3.8, 4) is 0 Å². The second-order valence-corrected chi connectivity index (χ2v) is 12.8. The highest BCUT2D eigenvalue weighted by Crippen LogP contribution is 2.37. The van der Waals surface area contributed by atoms with Crippen molar-refractivity contribution in [1.82, 2.24) is 0 Å². The van der Waals surface area contributed by atoms with Gasteiger partial charge in [0.1, 0.15) is 11.7 Å². The molecule has 4 rings (SSSR count). The maximum Gasteiger partial charge on any atom is 0.198 e. The van der Waals surface area contributed by atoms with Gasteiger partial charge in [-0.1, -0.05) is 31.3 Å². The molecule has 3 heterocycles. The average molecular weight is 313 g/mol. The molecule has 0 spiro atoms. The van der Waals surface area contributed by atoms with Gasteiger partial charge >= 0.3 is 0 Å². The van der Waals surface area contributed by atoms with Crippen LogP contribution in [0.3, 0.4) is 0 Å². The van der Waals surface area contributed by atoms with Gasteiger partial charge < -0.3 is 0 Å². The monoisotopic (exact) mass is 312 g/mol. The van der Waals surface area contributed by atoms with Crippen LogP contribution >= 0.6 is 11.3 Å². The van der Waals surface area contributed by atoms with Crippen molar-refractivity contribution in [2.24, 2.45) is 7.05 Å². The molecule has 1 aliphatic heterocycles. The van der Waals surface area contributed by atoms with Gasteiger partial charge in [0, 0.05) is 28.0 Å². The van der Waals surface area contributed by atoms with E-state index in [1.54, 1.807) is 10.8 Å². The van der Waals surface area contributed by atoms with E-state index in [0.29, 0.717) is 0 Å². The van der Waals surface area contributed by atoms with E-state index in [-0.39, 0.29) is 0 Å². The van der Waals surface area contributed by atoms with Gasteiger partial charge in [0.05, 0.1) is 8.07 Å². The number of aromatic nitrogens is 1. The maximum absolute atomic E-state index is 2.54. The molecular formula is C18H22NSSi+. The quantitative estimate of drug-likeness (QED) is 0.474. The van der Waals surface area contributed by atoms with E-state index < -0.39 is 8.07 Å². The van der Waals surface area contributed by atoms with Crippen molar-refractivity contribution in [3.05, 3.63) is 35.7 Å². The summed E-state index contributed by atoms with van der Waals surface area (Å²) in [5, 5.41) is 4.66. The fourth-order valence-electron chi connectivity index (χ4n) is 3.85. The minimum Gasteiger partial charge on any atom is -0.204 e. The topological polar surface area (TPSA) is 3.88 Å². The van der Waals surface area contributed by atoms with E-state index in [1.807, 2.05) is 11.3 Å². The minimum absolute atomic E-state index is 1.10. The molecule has 0 unspecified atom stereocenters. The first kappa shape index (κ1) is 13.5. The number of nitrogens with zero attached hydrogens (tertiary/aromatic N) is 1. The van der Waals surface area contributed by atoms with Crippen LogP contribution in [0.25, 0.3) is 20.2 Å².